The smallest absolute Gasteiger partial charge is 0.274 e. The quantitative estimate of drug-likeness (QED) is 0.721. The van der Waals surface area contributed by atoms with E-state index in [1.54, 1.807) is 10.7 Å². The van der Waals surface area contributed by atoms with E-state index in [-0.39, 0.29) is 5.91 Å². The number of rotatable bonds is 4. The van der Waals surface area contributed by atoms with Gasteiger partial charge >= 0.3 is 0 Å². The van der Waals surface area contributed by atoms with Gasteiger partial charge in [-0.25, -0.2) is 4.68 Å². The topological polar surface area (TPSA) is 46.9 Å². The fraction of sp³-hybridized carbons (Fsp3) is 0.200. The number of nitrogens with zero attached hydrogens (tertiary/aromatic N) is 2. The van der Waals surface area contributed by atoms with E-state index in [0.717, 1.165) is 29.8 Å². The first-order valence-electron chi connectivity index (χ1n) is 8.35. The molecule has 0 bridgehead atoms. The Bertz CT molecular complexity index is 929. The summed E-state index contributed by atoms with van der Waals surface area (Å²) in [4.78, 5) is 12.9. The Hall–Kier alpha value is -2.59. The molecule has 0 unspecified atom stereocenters. The van der Waals surface area contributed by atoms with Crippen LogP contribution in [0.2, 0.25) is 5.02 Å². The Labute approximate surface area is 151 Å². The van der Waals surface area contributed by atoms with Crippen molar-refractivity contribution in [2.75, 3.05) is 5.32 Å². The van der Waals surface area contributed by atoms with Crippen LogP contribution in [0.25, 0.3) is 5.69 Å². The van der Waals surface area contributed by atoms with Gasteiger partial charge in [0, 0.05) is 16.6 Å². The van der Waals surface area contributed by atoms with Crippen LogP contribution in [0.5, 0.6) is 0 Å². The van der Waals surface area contributed by atoms with E-state index in [4.69, 9.17) is 11.6 Å². The number of anilines is 1. The third-order valence-electron chi connectivity index (χ3n) is 4.41. The van der Waals surface area contributed by atoms with E-state index in [1.807, 2.05) is 55.5 Å². The summed E-state index contributed by atoms with van der Waals surface area (Å²) in [7, 11) is 0. The molecular weight excluding hydrogens is 334 g/mol. The lowest BCUT2D eigenvalue weighted by Crippen LogP contribution is -2.17. The van der Waals surface area contributed by atoms with Crippen LogP contribution in [0.3, 0.4) is 0 Å². The van der Waals surface area contributed by atoms with E-state index >= 15 is 0 Å². The maximum atomic E-state index is 12.9. The van der Waals surface area contributed by atoms with Crippen molar-refractivity contribution >= 4 is 23.2 Å². The zero-order chi connectivity index (χ0) is 17.4. The van der Waals surface area contributed by atoms with E-state index < -0.39 is 0 Å². The number of para-hydroxylation sites is 1. The molecule has 126 valence electrons. The Morgan fingerprint density at radius 2 is 1.92 bits per heavy atom. The maximum absolute atomic E-state index is 12.9. The lowest BCUT2D eigenvalue weighted by Gasteiger charge is -2.10. The molecule has 0 aliphatic heterocycles. The summed E-state index contributed by atoms with van der Waals surface area (Å²) >= 11 is 6.06. The molecule has 1 saturated carbocycles. The SMILES string of the molecule is Cc1ccc(Cl)cc1NC(=O)c1cc(C2CC2)nn1-c1ccccc1. The van der Waals surface area contributed by atoms with Gasteiger partial charge in [-0.1, -0.05) is 35.9 Å². The Balaban J connectivity index is 1.71. The van der Waals surface area contributed by atoms with Gasteiger partial charge in [-0.2, -0.15) is 5.10 Å². The van der Waals surface area contributed by atoms with E-state index in [1.165, 1.54) is 0 Å². The molecule has 1 N–H and O–H groups in total. The average molecular weight is 352 g/mol. The fourth-order valence-electron chi connectivity index (χ4n) is 2.82. The van der Waals surface area contributed by atoms with E-state index in [2.05, 4.69) is 10.4 Å². The monoisotopic (exact) mass is 351 g/mol. The molecule has 0 saturated heterocycles. The first-order chi connectivity index (χ1) is 12.1. The number of hydrogen-bond acceptors (Lipinski definition) is 2. The highest BCUT2D eigenvalue weighted by molar-refractivity contribution is 6.31. The van der Waals surface area contributed by atoms with Gasteiger partial charge in [0.15, 0.2) is 0 Å². The minimum absolute atomic E-state index is 0.186. The number of carbonyl (C=O) groups excluding carboxylic acids is 1. The van der Waals surface area contributed by atoms with Crippen LogP contribution in [-0.4, -0.2) is 15.7 Å². The number of nitrogens with one attached hydrogen (secondary N) is 1. The molecule has 2 aromatic carbocycles. The second-order valence-electron chi connectivity index (χ2n) is 6.39. The maximum Gasteiger partial charge on any atom is 0.274 e. The third kappa shape index (κ3) is 3.30. The minimum atomic E-state index is -0.186. The fourth-order valence-corrected chi connectivity index (χ4v) is 2.99. The predicted octanol–water partition coefficient (Wildman–Crippen LogP) is 4.96. The summed E-state index contributed by atoms with van der Waals surface area (Å²) in [6, 6.07) is 17.1. The molecule has 4 nitrogen and oxygen atoms in total. The van der Waals surface area contributed by atoms with Crippen LogP contribution >= 0.6 is 11.6 Å². The van der Waals surface area contributed by atoms with Crippen molar-refractivity contribution < 1.29 is 4.79 Å². The molecule has 1 amide bonds. The molecule has 0 atom stereocenters. The Morgan fingerprint density at radius 3 is 2.64 bits per heavy atom. The first kappa shape index (κ1) is 15.9. The van der Waals surface area contributed by atoms with Crippen molar-refractivity contribution in [3.8, 4) is 5.69 Å². The van der Waals surface area contributed by atoms with Crippen molar-refractivity contribution in [2.45, 2.75) is 25.7 Å². The first-order valence-corrected chi connectivity index (χ1v) is 8.72. The summed E-state index contributed by atoms with van der Waals surface area (Å²) in [6.45, 7) is 1.94. The van der Waals surface area contributed by atoms with Crippen molar-refractivity contribution in [1.29, 1.82) is 0 Å². The lowest BCUT2D eigenvalue weighted by molar-refractivity contribution is 0.101. The highest BCUT2D eigenvalue weighted by Gasteiger charge is 2.29. The van der Waals surface area contributed by atoms with Gasteiger partial charge in [0.25, 0.3) is 5.91 Å². The van der Waals surface area contributed by atoms with Crippen LogP contribution in [-0.2, 0) is 0 Å². The summed E-state index contributed by atoms with van der Waals surface area (Å²) in [5, 5.41) is 8.23. The van der Waals surface area contributed by atoms with Gasteiger partial charge in [-0.15, -0.1) is 0 Å². The van der Waals surface area contributed by atoms with Crippen LogP contribution < -0.4 is 5.32 Å². The summed E-state index contributed by atoms with van der Waals surface area (Å²) in [5.74, 6) is 0.290. The lowest BCUT2D eigenvalue weighted by atomic mass is 10.2. The van der Waals surface area contributed by atoms with Gasteiger partial charge in [0.2, 0.25) is 0 Å². The molecule has 25 heavy (non-hydrogen) atoms. The standard InChI is InChI=1S/C20H18ClN3O/c1-13-7-10-15(21)11-17(13)22-20(25)19-12-18(14-8-9-14)23-24(19)16-5-3-2-4-6-16/h2-7,10-12,14H,8-9H2,1H3,(H,22,25). The molecule has 1 aliphatic carbocycles. The summed E-state index contributed by atoms with van der Waals surface area (Å²) in [5.41, 5.74) is 4.07. The molecule has 4 rings (SSSR count). The molecule has 5 heteroatoms. The number of carbonyl (C=O) groups is 1. The van der Waals surface area contributed by atoms with Gasteiger partial charge in [-0.05, 0) is 55.7 Å². The number of halogens is 1. The third-order valence-corrected chi connectivity index (χ3v) is 4.64. The molecule has 1 aromatic heterocycles. The Kier molecular flexibility index (Phi) is 4.06. The normalized spacial score (nSPS) is 13.7. The van der Waals surface area contributed by atoms with Gasteiger partial charge in [0.05, 0.1) is 11.4 Å². The van der Waals surface area contributed by atoms with Crippen molar-refractivity contribution in [3.63, 3.8) is 0 Å². The largest absolute Gasteiger partial charge is 0.320 e. The molecular formula is C20H18ClN3O. The number of aryl methyl sites for hydroxylation is 1. The minimum Gasteiger partial charge on any atom is -0.320 e. The van der Waals surface area contributed by atoms with Crippen LogP contribution in [0.4, 0.5) is 5.69 Å². The molecule has 3 aromatic rings. The average Bonchev–Trinajstić information content (AvgIpc) is 3.37. The number of aromatic nitrogens is 2. The highest BCUT2D eigenvalue weighted by atomic mass is 35.5. The van der Waals surface area contributed by atoms with Crippen molar-refractivity contribution in [3.05, 3.63) is 76.6 Å². The predicted molar refractivity (Wildman–Crippen MR) is 99.7 cm³/mol. The Morgan fingerprint density at radius 1 is 1.16 bits per heavy atom. The highest BCUT2D eigenvalue weighted by Crippen LogP contribution is 2.39. The van der Waals surface area contributed by atoms with E-state index in [9.17, 15) is 4.79 Å². The van der Waals surface area contributed by atoms with E-state index in [0.29, 0.717) is 22.3 Å². The second-order valence-corrected chi connectivity index (χ2v) is 6.83. The van der Waals surface area contributed by atoms with Crippen LogP contribution in [0.15, 0.2) is 54.6 Å². The zero-order valence-corrected chi connectivity index (χ0v) is 14.6. The molecule has 1 fully saturated rings. The summed E-state index contributed by atoms with van der Waals surface area (Å²) in [6.07, 6.45) is 2.28. The van der Waals surface area contributed by atoms with Gasteiger partial charge in [0.1, 0.15) is 5.69 Å². The second kappa shape index (κ2) is 6.37. The summed E-state index contributed by atoms with van der Waals surface area (Å²) < 4.78 is 1.73. The molecule has 0 spiro atoms. The number of amides is 1. The molecule has 1 heterocycles. The van der Waals surface area contributed by atoms with Gasteiger partial charge < -0.3 is 5.32 Å². The van der Waals surface area contributed by atoms with Crippen molar-refractivity contribution in [2.24, 2.45) is 0 Å². The number of hydrogen-bond donors (Lipinski definition) is 1. The molecule has 1 aliphatic rings. The number of benzene rings is 2. The van der Waals surface area contributed by atoms with Crippen LogP contribution in [0, 0.1) is 6.92 Å². The van der Waals surface area contributed by atoms with Crippen LogP contribution in [0.1, 0.15) is 40.5 Å². The zero-order valence-electron chi connectivity index (χ0n) is 13.9. The molecule has 0 radical (unpaired) electrons. The van der Waals surface area contributed by atoms with Gasteiger partial charge in [-0.3, -0.25) is 4.79 Å². The van der Waals surface area contributed by atoms with Crippen molar-refractivity contribution in [1.82, 2.24) is 9.78 Å².